The average molecular weight is 371 g/mol. The van der Waals surface area contributed by atoms with Crippen LogP contribution < -0.4 is 10.4 Å². The van der Waals surface area contributed by atoms with E-state index in [1.54, 1.807) is 18.2 Å². The number of fused-ring (bicyclic) bond motifs is 2. The molecule has 0 amide bonds. The highest BCUT2D eigenvalue weighted by molar-refractivity contribution is 7.89. The van der Waals surface area contributed by atoms with Crippen LogP contribution in [0.2, 0.25) is 0 Å². The van der Waals surface area contributed by atoms with Crippen molar-refractivity contribution >= 4 is 21.0 Å². The predicted octanol–water partition coefficient (Wildman–Crippen LogP) is 2.55. The quantitative estimate of drug-likeness (QED) is 0.661. The molecular formula is C19H17NO5S. The zero-order valence-electron chi connectivity index (χ0n) is 14.1. The molecule has 2 aromatic carbocycles. The normalized spacial score (nSPS) is 15.0. The fourth-order valence-electron chi connectivity index (χ4n) is 3.19. The van der Waals surface area contributed by atoms with Gasteiger partial charge in [-0.3, -0.25) is 0 Å². The number of sulfonamides is 1. The Hall–Kier alpha value is -2.64. The molecule has 0 aliphatic carbocycles. The van der Waals surface area contributed by atoms with Crippen LogP contribution in [0.4, 0.5) is 0 Å². The highest BCUT2D eigenvalue weighted by Gasteiger charge is 2.31. The molecule has 3 aromatic rings. The molecule has 7 heteroatoms. The molecule has 6 nitrogen and oxygen atoms in total. The van der Waals surface area contributed by atoms with E-state index in [0.717, 1.165) is 11.1 Å². The van der Waals surface area contributed by atoms with Crippen LogP contribution >= 0.6 is 0 Å². The fourth-order valence-corrected chi connectivity index (χ4v) is 4.64. The molecule has 26 heavy (non-hydrogen) atoms. The van der Waals surface area contributed by atoms with E-state index >= 15 is 0 Å². The van der Waals surface area contributed by atoms with E-state index in [9.17, 15) is 13.2 Å². The average Bonchev–Trinajstić information content (AvgIpc) is 2.66. The lowest BCUT2D eigenvalue weighted by Crippen LogP contribution is -2.37. The van der Waals surface area contributed by atoms with Gasteiger partial charge in [-0.1, -0.05) is 24.3 Å². The zero-order valence-corrected chi connectivity index (χ0v) is 15.0. The Balaban J connectivity index is 1.77. The van der Waals surface area contributed by atoms with E-state index in [2.05, 4.69) is 0 Å². The van der Waals surface area contributed by atoms with Crippen LogP contribution in [-0.4, -0.2) is 26.4 Å². The molecule has 1 aliphatic rings. The molecule has 4 rings (SSSR count). The Bertz CT molecular complexity index is 1150. The molecule has 0 fully saturated rings. The first-order valence-corrected chi connectivity index (χ1v) is 9.62. The smallest absolute Gasteiger partial charge is 0.356 e. The van der Waals surface area contributed by atoms with E-state index in [-0.39, 0.29) is 17.0 Å². The summed E-state index contributed by atoms with van der Waals surface area (Å²) >= 11 is 0. The van der Waals surface area contributed by atoms with Crippen LogP contribution in [0, 0.1) is 0 Å². The summed E-state index contributed by atoms with van der Waals surface area (Å²) in [4.78, 5) is 12.0. The first-order valence-electron chi connectivity index (χ1n) is 8.18. The second kappa shape index (κ2) is 6.26. The monoisotopic (exact) mass is 371 g/mol. The van der Waals surface area contributed by atoms with Gasteiger partial charge in [-0.2, -0.15) is 4.31 Å². The molecule has 2 heterocycles. The number of hydrogen-bond donors (Lipinski definition) is 0. The molecule has 1 aromatic heterocycles. The predicted molar refractivity (Wildman–Crippen MR) is 96.8 cm³/mol. The van der Waals surface area contributed by atoms with Gasteiger partial charge in [0.2, 0.25) is 0 Å². The number of methoxy groups -OCH3 is 1. The molecule has 134 valence electrons. The van der Waals surface area contributed by atoms with Gasteiger partial charge in [-0.25, -0.2) is 13.2 Å². The maximum absolute atomic E-state index is 13.0. The van der Waals surface area contributed by atoms with Crippen molar-refractivity contribution in [2.45, 2.75) is 17.9 Å². The molecule has 0 N–H and O–H groups in total. The Labute approximate surface area is 150 Å². The van der Waals surface area contributed by atoms with Gasteiger partial charge in [0, 0.05) is 24.5 Å². The first kappa shape index (κ1) is 16.8. The van der Waals surface area contributed by atoms with Gasteiger partial charge in [-0.05, 0) is 35.7 Å². The molecule has 0 saturated carbocycles. The molecule has 0 saturated heterocycles. The Morgan fingerprint density at radius 3 is 2.62 bits per heavy atom. The number of hydrogen-bond acceptors (Lipinski definition) is 5. The summed E-state index contributed by atoms with van der Waals surface area (Å²) < 4.78 is 37.7. The van der Waals surface area contributed by atoms with Crippen molar-refractivity contribution in [2.75, 3.05) is 13.7 Å². The Kier molecular flexibility index (Phi) is 4.05. The molecule has 0 atom stereocenters. The number of nitrogens with zero attached hydrogens (tertiary/aromatic N) is 1. The summed E-state index contributed by atoms with van der Waals surface area (Å²) in [5.41, 5.74) is 1.51. The third kappa shape index (κ3) is 2.79. The van der Waals surface area contributed by atoms with Gasteiger partial charge >= 0.3 is 5.63 Å². The van der Waals surface area contributed by atoms with Crippen LogP contribution in [-0.2, 0) is 23.0 Å². The van der Waals surface area contributed by atoms with Crippen molar-refractivity contribution in [3.05, 3.63) is 70.1 Å². The lowest BCUT2D eigenvalue weighted by molar-refractivity contribution is 0.388. The van der Waals surface area contributed by atoms with Gasteiger partial charge < -0.3 is 9.15 Å². The fraction of sp³-hybridized carbons (Fsp3) is 0.211. The van der Waals surface area contributed by atoms with Gasteiger partial charge in [0.25, 0.3) is 10.0 Å². The van der Waals surface area contributed by atoms with Gasteiger partial charge in [0.05, 0.1) is 7.11 Å². The van der Waals surface area contributed by atoms with Gasteiger partial charge in [0.15, 0.2) is 4.90 Å². The molecule has 0 radical (unpaired) electrons. The minimum absolute atomic E-state index is 0.249. The molecule has 1 aliphatic heterocycles. The maximum atomic E-state index is 13.0. The lowest BCUT2D eigenvalue weighted by atomic mass is 10.0. The third-order valence-corrected chi connectivity index (χ3v) is 6.46. The van der Waals surface area contributed by atoms with Crippen LogP contribution in [0.3, 0.4) is 0 Å². The Morgan fingerprint density at radius 1 is 1.08 bits per heavy atom. The van der Waals surface area contributed by atoms with E-state index in [1.807, 2.05) is 24.3 Å². The molecule has 0 bridgehead atoms. The highest BCUT2D eigenvalue weighted by atomic mass is 32.2. The van der Waals surface area contributed by atoms with Crippen molar-refractivity contribution in [3.63, 3.8) is 0 Å². The van der Waals surface area contributed by atoms with Crippen molar-refractivity contribution < 1.29 is 17.6 Å². The van der Waals surface area contributed by atoms with Crippen molar-refractivity contribution in [3.8, 4) is 5.75 Å². The molecule has 0 unspecified atom stereocenters. The van der Waals surface area contributed by atoms with Crippen LogP contribution in [0.25, 0.3) is 11.0 Å². The Morgan fingerprint density at radius 2 is 1.85 bits per heavy atom. The first-order chi connectivity index (χ1) is 12.5. The van der Waals surface area contributed by atoms with Crippen LogP contribution in [0.1, 0.15) is 11.1 Å². The summed E-state index contributed by atoms with van der Waals surface area (Å²) in [6.45, 7) is 0.581. The molecular weight excluding hydrogens is 354 g/mol. The van der Waals surface area contributed by atoms with Gasteiger partial charge in [0.1, 0.15) is 11.3 Å². The number of rotatable bonds is 3. The van der Waals surface area contributed by atoms with E-state index < -0.39 is 15.6 Å². The third-order valence-electron chi connectivity index (χ3n) is 4.62. The highest BCUT2D eigenvalue weighted by Crippen LogP contribution is 2.26. The van der Waals surface area contributed by atoms with Gasteiger partial charge in [-0.15, -0.1) is 0 Å². The summed E-state index contributed by atoms with van der Waals surface area (Å²) in [6, 6.07) is 14.0. The van der Waals surface area contributed by atoms with E-state index in [1.165, 1.54) is 17.5 Å². The van der Waals surface area contributed by atoms with E-state index in [0.29, 0.717) is 24.1 Å². The largest absolute Gasteiger partial charge is 0.497 e. The van der Waals surface area contributed by atoms with Crippen LogP contribution in [0.5, 0.6) is 5.75 Å². The van der Waals surface area contributed by atoms with Crippen molar-refractivity contribution in [2.24, 2.45) is 0 Å². The summed E-state index contributed by atoms with van der Waals surface area (Å²) in [5, 5.41) is 0.529. The minimum Gasteiger partial charge on any atom is -0.497 e. The maximum Gasteiger partial charge on any atom is 0.356 e. The summed E-state index contributed by atoms with van der Waals surface area (Å²) in [7, 11) is -2.44. The standard InChI is InChI=1S/C19H17NO5S/c1-24-16-7-6-14-10-18(19(21)25-17(14)11-16)26(22,23)20-9-8-13-4-2-3-5-15(13)12-20/h2-7,10-11H,8-9,12H2,1H3. The minimum atomic E-state index is -3.95. The molecule has 0 spiro atoms. The summed E-state index contributed by atoms with van der Waals surface area (Å²) in [6.07, 6.45) is 0.617. The SMILES string of the molecule is COc1ccc2cc(S(=O)(=O)N3CCc4ccccc4C3)c(=O)oc2c1. The van der Waals surface area contributed by atoms with Crippen molar-refractivity contribution in [1.29, 1.82) is 0 Å². The lowest BCUT2D eigenvalue weighted by Gasteiger charge is -2.27. The second-order valence-corrected chi connectivity index (χ2v) is 8.07. The summed E-state index contributed by atoms with van der Waals surface area (Å²) in [5.74, 6) is 0.531. The topological polar surface area (TPSA) is 76.8 Å². The van der Waals surface area contributed by atoms with E-state index in [4.69, 9.17) is 9.15 Å². The second-order valence-electron chi connectivity index (χ2n) is 6.16. The number of benzene rings is 2. The number of ether oxygens (including phenoxy) is 1. The van der Waals surface area contributed by atoms with Crippen molar-refractivity contribution in [1.82, 2.24) is 4.31 Å². The zero-order chi connectivity index (χ0) is 18.3. The van der Waals surface area contributed by atoms with Crippen LogP contribution in [0.15, 0.2) is 62.6 Å².